The molecule has 0 unspecified atom stereocenters. The molecule has 1 heterocycles. The molecule has 0 aliphatic rings. The summed E-state index contributed by atoms with van der Waals surface area (Å²) in [4.78, 5) is 17.4. The number of methoxy groups -OCH3 is 1. The van der Waals surface area contributed by atoms with Gasteiger partial charge in [-0.05, 0) is 18.2 Å². The Hall–Kier alpha value is -1.83. The van der Waals surface area contributed by atoms with E-state index in [0.29, 0.717) is 21.9 Å². The second-order valence-electron chi connectivity index (χ2n) is 4.98. The zero-order chi connectivity index (χ0) is 16.5. The second-order valence-corrected chi connectivity index (χ2v) is 5.99. The third kappa shape index (κ3) is 3.49. The number of ether oxygens (including phenoxy) is 1. The largest absolute Gasteiger partial charge is 0.469 e. The smallest absolute Gasteiger partial charge is 0.416 e. The van der Waals surface area contributed by atoms with Gasteiger partial charge in [0.15, 0.2) is 5.13 Å². The van der Waals surface area contributed by atoms with Crippen molar-refractivity contribution in [2.75, 3.05) is 25.6 Å². The highest BCUT2D eigenvalue weighted by molar-refractivity contribution is 7.22. The molecule has 0 saturated carbocycles. The van der Waals surface area contributed by atoms with Crippen molar-refractivity contribution in [2.45, 2.75) is 13.1 Å². The number of hydrogen-bond acceptors (Lipinski definition) is 5. The summed E-state index contributed by atoms with van der Waals surface area (Å²) in [6.45, 7) is 2.09. The quantitative estimate of drug-likeness (QED) is 0.803. The van der Waals surface area contributed by atoms with Crippen molar-refractivity contribution in [2.24, 2.45) is 5.92 Å². The van der Waals surface area contributed by atoms with Crippen molar-refractivity contribution < 1.29 is 22.7 Å². The van der Waals surface area contributed by atoms with Gasteiger partial charge in [-0.15, -0.1) is 0 Å². The molecular weight excluding hydrogens is 317 g/mol. The molecule has 1 aromatic carbocycles. The van der Waals surface area contributed by atoms with Crippen LogP contribution in [0.2, 0.25) is 0 Å². The van der Waals surface area contributed by atoms with E-state index >= 15 is 0 Å². The molecule has 8 heteroatoms. The Labute approximate surface area is 129 Å². The standard InChI is InChI=1S/C14H15F3N2O2S/c1-8(12(20)21-3)7-19(2)13-18-10-6-9(14(15,16)17)4-5-11(10)22-13/h4-6,8H,7H2,1-3H3/t8-/m1/s1. The van der Waals surface area contributed by atoms with E-state index < -0.39 is 11.7 Å². The maximum Gasteiger partial charge on any atom is 0.416 e. The first-order valence-corrected chi connectivity index (χ1v) is 7.30. The lowest BCUT2D eigenvalue weighted by Crippen LogP contribution is -2.29. The summed E-state index contributed by atoms with van der Waals surface area (Å²) >= 11 is 1.28. The van der Waals surface area contributed by atoms with Crippen molar-refractivity contribution >= 4 is 32.7 Å². The summed E-state index contributed by atoms with van der Waals surface area (Å²) in [5.41, 5.74) is -0.421. The molecule has 0 amide bonds. The van der Waals surface area contributed by atoms with Crippen molar-refractivity contribution in [3.63, 3.8) is 0 Å². The molecule has 2 rings (SSSR count). The van der Waals surface area contributed by atoms with Gasteiger partial charge in [0.2, 0.25) is 0 Å². The van der Waals surface area contributed by atoms with Crippen LogP contribution in [-0.4, -0.2) is 31.7 Å². The van der Waals surface area contributed by atoms with Crippen LogP contribution < -0.4 is 4.90 Å². The molecule has 0 radical (unpaired) electrons. The minimum Gasteiger partial charge on any atom is -0.469 e. The predicted octanol–water partition coefficient (Wildman–Crippen LogP) is 3.56. The predicted molar refractivity (Wildman–Crippen MR) is 79.1 cm³/mol. The topological polar surface area (TPSA) is 42.4 Å². The highest BCUT2D eigenvalue weighted by Crippen LogP contribution is 2.34. The van der Waals surface area contributed by atoms with Gasteiger partial charge in [0, 0.05) is 13.6 Å². The van der Waals surface area contributed by atoms with Gasteiger partial charge in [-0.1, -0.05) is 18.3 Å². The van der Waals surface area contributed by atoms with Crippen LogP contribution in [0.3, 0.4) is 0 Å². The lowest BCUT2D eigenvalue weighted by molar-refractivity contribution is -0.144. The fourth-order valence-electron chi connectivity index (χ4n) is 2.02. The Morgan fingerprint density at radius 1 is 1.45 bits per heavy atom. The van der Waals surface area contributed by atoms with E-state index in [-0.39, 0.29) is 11.9 Å². The number of halogens is 3. The van der Waals surface area contributed by atoms with Crippen molar-refractivity contribution in [1.82, 2.24) is 4.98 Å². The minimum absolute atomic E-state index is 0.299. The van der Waals surface area contributed by atoms with Gasteiger partial charge in [-0.3, -0.25) is 4.79 Å². The Morgan fingerprint density at radius 2 is 2.14 bits per heavy atom. The first-order valence-electron chi connectivity index (χ1n) is 6.49. The number of benzene rings is 1. The number of rotatable bonds is 4. The maximum absolute atomic E-state index is 12.7. The van der Waals surface area contributed by atoms with Crippen molar-refractivity contribution in [3.05, 3.63) is 23.8 Å². The van der Waals surface area contributed by atoms with Crippen LogP contribution in [0, 0.1) is 5.92 Å². The number of carbonyl (C=O) groups excluding carboxylic acids is 1. The fourth-order valence-corrected chi connectivity index (χ4v) is 2.94. The Morgan fingerprint density at radius 3 is 2.73 bits per heavy atom. The third-order valence-corrected chi connectivity index (χ3v) is 4.33. The van der Waals surface area contributed by atoms with Gasteiger partial charge in [0.25, 0.3) is 0 Å². The monoisotopic (exact) mass is 332 g/mol. The molecule has 0 aliphatic heterocycles. The lowest BCUT2D eigenvalue weighted by atomic mass is 10.2. The molecule has 1 aromatic heterocycles. The highest BCUT2D eigenvalue weighted by atomic mass is 32.1. The zero-order valence-corrected chi connectivity index (χ0v) is 13.1. The molecule has 0 fully saturated rings. The fraction of sp³-hybridized carbons (Fsp3) is 0.429. The molecule has 0 aliphatic carbocycles. The van der Waals surface area contributed by atoms with Gasteiger partial charge in [-0.25, -0.2) is 4.98 Å². The van der Waals surface area contributed by atoms with E-state index in [1.165, 1.54) is 24.5 Å². The van der Waals surface area contributed by atoms with E-state index in [1.54, 1.807) is 18.9 Å². The normalized spacial score (nSPS) is 13.2. The summed E-state index contributed by atoms with van der Waals surface area (Å²) in [6, 6.07) is 3.49. The summed E-state index contributed by atoms with van der Waals surface area (Å²) in [5.74, 6) is -0.694. The van der Waals surface area contributed by atoms with Gasteiger partial charge in [0.05, 0.1) is 28.8 Å². The molecule has 0 saturated heterocycles. The first-order chi connectivity index (χ1) is 10.2. The molecule has 22 heavy (non-hydrogen) atoms. The van der Waals surface area contributed by atoms with Gasteiger partial charge < -0.3 is 9.64 Å². The van der Waals surface area contributed by atoms with Crippen LogP contribution >= 0.6 is 11.3 Å². The molecule has 0 spiro atoms. The van der Waals surface area contributed by atoms with E-state index in [2.05, 4.69) is 9.72 Å². The Balaban J connectivity index is 2.24. The highest BCUT2D eigenvalue weighted by Gasteiger charge is 2.31. The number of esters is 1. The zero-order valence-electron chi connectivity index (χ0n) is 12.3. The average Bonchev–Trinajstić information content (AvgIpc) is 2.88. The molecule has 2 aromatic rings. The number of thiazole rings is 1. The number of fused-ring (bicyclic) bond motifs is 1. The van der Waals surface area contributed by atoms with Crippen LogP contribution in [0.15, 0.2) is 18.2 Å². The summed E-state index contributed by atoms with van der Waals surface area (Å²) in [7, 11) is 3.05. The summed E-state index contributed by atoms with van der Waals surface area (Å²) in [6.07, 6.45) is -4.39. The Bertz CT molecular complexity index is 684. The van der Waals surface area contributed by atoms with Crippen LogP contribution in [0.5, 0.6) is 0 Å². The molecule has 120 valence electrons. The van der Waals surface area contributed by atoms with Crippen LogP contribution in [0.25, 0.3) is 10.2 Å². The maximum atomic E-state index is 12.7. The number of aromatic nitrogens is 1. The molecule has 4 nitrogen and oxygen atoms in total. The van der Waals surface area contributed by atoms with Crippen molar-refractivity contribution in [1.29, 1.82) is 0 Å². The first kappa shape index (κ1) is 16.5. The number of carbonyl (C=O) groups is 1. The number of hydrogen-bond donors (Lipinski definition) is 0. The van der Waals surface area contributed by atoms with Crippen LogP contribution in [0.1, 0.15) is 12.5 Å². The third-order valence-electron chi connectivity index (χ3n) is 3.18. The van der Waals surface area contributed by atoms with Gasteiger partial charge in [-0.2, -0.15) is 13.2 Å². The van der Waals surface area contributed by atoms with E-state index in [4.69, 9.17) is 0 Å². The van der Waals surface area contributed by atoms with E-state index in [9.17, 15) is 18.0 Å². The Kier molecular flexibility index (Phi) is 4.60. The summed E-state index contributed by atoms with van der Waals surface area (Å²) in [5, 5.41) is 0.560. The van der Waals surface area contributed by atoms with E-state index in [0.717, 1.165) is 12.1 Å². The van der Waals surface area contributed by atoms with Crippen LogP contribution in [-0.2, 0) is 15.7 Å². The van der Waals surface area contributed by atoms with E-state index in [1.807, 2.05) is 0 Å². The number of nitrogens with zero attached hydrogens (tertiary/aromatic N) is 2. The minimum atomic E-state index is -4.39. The molecule has 0 N–H and O–H groups in total. The van der Waals surface area contributed by atoms with Gasteiger partial charge >= 0.3 is 12.1 Å². The molecule has 0 bridgehead atoms. The van der Waals surface area contributed by atoms with Crippen LogP contribution in [0.4, 0.5) is 18.3 Å². The van der Waals surface area contributed by atoms with Crippen molar-refractivity contribution in [3.8, 4) is 0 Å². The molecule has 1 atom stereocenters. The second kappa shape index (κ2) is 6.12. The van der Waals surface area contributed by atoms with Gasteiger partial charge in [0.1, 0.15) is 0 Å². The average molecular weight is 332 g/mol. The summed E-state index contributed by atoms with van der Waals surface area (Å²) < 4.78 is 43.4. The lowest BCUT2D eigenvalue weighted by Gasteiger charge is -2.18. The number of anilines is 1. The SMILES string of the molecule is COC(=O)[C@H](C)CN(C)c1nc2cc(C(F)(F)F)ccc2s1. The number of alkyl halides is 3. The molecular formula is C14H15F3N2O2S.